The quantitative estimate of drug-likeness (QED) is 0.484. The van der Waals surface area contributed by atoms with Gasteiger partial charge in [-0.15, -0.1) is 0 Å². The summed E-state index contributed by atoms with van der Waals surface area (Å²) in [5, 5.41) is 8.03. The van der Waals surface area contributed by atoms with Crippen molar-refractivity contribution in [1.82, 2.24) is 24.9 Å². The Morgan fingerprint density at radius 3 is 2.59 bits per heavy atom. The molecule has 0 aliphatic heterocycles. The van der Waals surface area contributed by atoms with E-state index in [9.17, 15) is 18.0 Å². The van der Waals surface area contributed by atoms with Crippen molar-refractivity contribution < 1.29 is 27.2 Å². The highest BCUT2D eigenvalue weighted by atomic mass is 19.4. The van der Waals surface area contributed by atoms with Gasteiger partial charge in [-0.3, -0.25) is 9.48 Å². The van der Waals surface area contributed by atoms with Crippen LogP contribution in [0, 0.1) is 0 Å². The molecule has 4 rings (SSSR count). The number of carbonyl (C=O) groups is 1. The molecule has 2 N–H and O–H groups in total. The number of hydrogen-bond acceptors (Lipinski definition) is 7. The number of halogens is 3. The van der Waals surface area contributed by atoms with Gasteiger partial charge >= 0.3 is 6.18 Å². The van der Waals surface area contributed by atoms with Crippen LogP contribution in [0.1, 0.15) is 21.7 Å². The number of alkyl halides is 3. The van der Waals surface area contributed by atoms with E-state index in [4.69, 9.17) is 15.0 Å². The van der Waals surface area contributed by atoms with Gasteiger partial charge in [-0.1, -0.05) is 11.2 Å². The third-order valence-electron chi connectivity index (χ3n) is 4.51. The van der Waals surface area contributed by atoms with Crippen LogP contribution < -0.4 is 10.5 Å². The molecule has 1 amide bonds. The molecule has 0 aliphatic carbocycles. The second kappa shape index (κ2) is 8.13. The number of nitrogens with zero attached hydrogens (tertiary/aromatic N) is 5. The number of carbonyl (C=O) groups excluding carboxylic acids is 1. The fourth-order valence-corrected chi connectivity index (χ4v) is 2.84. The number of aromatic nitrogens is 5. The zero-order valence-corrected chi connectivity index (χ0v) is 16.5. The van der Waals surface area contributed by atoms with E-state index in [0.29, 0.717) is 17.0 Å². The largest absolute Gasteiger partial charge is 0.487 e. The Hall–Kier alpha value is -4.22. The minimum atomic E-state index is -4.42. The molecule has 32 heavy (non-hydrogen) atoms. The average molecular weight is 444 g/mol. The molecule has 0 radical (unpaired) electrons. The van der Waals surface area contributed by atoms with Gasteiger partial charge in [0, 0.05) is 7.05 Å². The van der Waals surface area contributed by atoms with Crippen molar-refractivity contribution in [3.8, 4) is 28.7 Å². The van der Waals surface area contributed by atoms with E-state index in [1.807, 2.05) is 0 Å². The van der Waals surface area contributed by atoms with Crippen molar-refractivity contribution in [3.63, 3.8) is 0 Å². The molecule has 0 spiro atoms. The Labute approximate surface area is 178 Å². The minimum absolute atomic E-state index is 0.00960. The predicted octanol–water partition coefficient (Wildman–Crippen LogP) is 3.23. The van der Waals surface area contributed by atoms with Gasteiger partial charge in [0.2, 0.25) is 5.82 Å². The molecule has 0 saturated heterocycles. The fraction of sp³-hybridized carbons (Fsp3) is 0.150. The summed E-state index contributed by atoms with van der Waals surface area (Å²) in [4.78, 5) is 19.7. The molecule has 3 aromatic heterocycles. The van der Waals surface area contributed by atoms with Gasteiger partial charge in [0.05, 0.1) is 23.0 Å². The zero-order valence-electron chi connectivity index (χ0n) is 16.5. The lowest BCUT2D eigenvalue weighted by Crippen LogP contribution is -2.13. The molecule has 4 aromatic rings. The van der Waals surface area contributed by atoms with Crippen LogP contribution in [0.5, 0.6) is 5.75 Å². The van der Waals surface area contributed by atoms with Crippen LogP contribution in [0.15, 0.2) is 53.2 Å². The number of amides is 1. The third-order valence-corrected chi connectivity index (χ3v) is 4.51. The monoisotopic (exact) mass is 444 g/mol. The molecule has 164 valence electrons. The number of hydrogen-bond donors (Lipinski definition) is 1. The molecular formula is C20H15F3N6O3. The van der Waals surface area contributed by atoms with Gasteiger partial charge in [0.15, 0.2) is 0 Å². The highest BCUT2D eigenvalue weighted by molar-refractivity contribution is 5.91. The highest BCUT2D eigenvalue weighted by Gasteiger charge is 2.30. The minimum Gasteiger partial charge on any atom is -0.487 e. The number of benzene rings is 1. The van der Waals surface area contributed by atoms with Crippen LogP contribution in [-0.4, -0.2) is 30.8 Å². The number of ether oxygens (including phenoxy) is 1. The lowest BCUT2D eigenvalue weighted by atomic mass is 10.2. The van der Waals surface area contributed by atoms with Gasteiger partial charge in [-0.2, -0.15) is 23.3 Å². The van der Waals surface area contributed by atoms with Crippen LogP contribution in [0.4, 0.5) is 13.2 Å². The number of pyridine rings is 1. The van der Waals surface area contributed by atoms with E-state index < -0.39 is 17.6 Å². The Morgan fingerprint density at radius 1 is 1.16 bits per heavy atom. The molecule has 9 nitrogen and oxygen atoms in total. The normalized spacial score (nSPS) is 11.5. The molecule has 0 unspecified atom stereocenters. The molecule has 0 fully saturated rings. The van der Waals surface area contributed by atoms with Crippen molar-refractivity contribution >= 4 is 5.91 Å². The Kier molecular flexibility index (Phi) is 5.34. The van der Waals surface area contributed by atoms with E-state index >= 15 is 0 Å². The number of rotatable bonds is 6. The topological polar surface area (TPSA) is 122 Å². The van der Waals surface area contributed by atoms with E-state index in [-0.39, 0.29) is 29.8 Å². The molecule has 0 aliphatic rings. The molecule has 0 saturated carbocycles. The Bertz CT molecular complexity index is 1260. The number of aryl methyl sites for hydroxylation is 1. The van der Waals surface area contributed by atoms with Crippen molar-refractivity contribution in [2.45, 2.75) is 12.8 Å². The van der Waals surface area contributed by atoms with E-state index in [1.54, 1.807) is 19.2 Å². The second-order valence-electron chi connectivity index (χ2n) is 6.63. The van der Waals surface area contributed by atoms with Crippen molar-refractivity contribution in [1.29, 1.82) is 0 Å². The second-order valence-corrected chi connectivity index (χ2v) is 6.63. The maximum atomic E-state index is 12.7. The molecule has 0 bridgehead atoms. The molecule has 3 heterocycles. The van der Waals surface area contributed by atoms with Gasteiger partial charge < -0.3 is 15.0 Å². The lowest BCUT2D eigenvalue weighted by molar-refractivity contribution is -0.137. The average Bonchev–Trinajstić information content (AvgIpc) is 3.39. The summed E-state index contributed by atoms with van der Waals surface area (Å²) in [5.41, 5.74) is 5.86. The summed E-state index contributed by atoms with van der Waals surface area (Å²) in [5.74, 6) is -0.165. The molecule has 0 atom stereocenters. The van der Waals surface area contributed by atoms with Crippen LogP contribution in [0.25, 0.3) is 23.0 Å². The SMILES string of the molecule is Cn1ncc(-c2nc(-c3cccc(C(N)=O)n3)no2)c1COc1ccc(C(F)(F)F)cc1. The van der Waals surface area contributed by atoms with Crippen LogP contribution in [0.2, 0.25) is 0 Å². The number of primary amides is 1. The van der Waals surface area contributed by atoms with Gasteiger partial charge in [0.25, 0.3) is 11.8 Å². The maximum Gasteiger partial charge on any atom is 0.416 e. The number of nitrogens with two attached hydrogens (primary N) is 1. The van der Waals surface area contributed by atoms with Crippen LogP contribution in [-0.2, 0) is 19.8 Å². The van der Waals surface area contributed by atoms with Crippen molar-refractivity contribution in [3.05, 3.63) is 65.6 Å². The first-order chi connectivity index (χ1) is 15.2. The fourth-order valence-electron chi connectivity index (χ4n) is 2.84. The van der Waals surface area contributed by atoms with Gasteiger partial charge in [0.1, 0.15) is 23.7 Å². The highest BCUT2D eigenvalue weighted by Crippen LogP contribution is 2.31. The van der Waals surface area contributed by atoms with E-state index in [1.165, 1.54) is 29.1 Å². The third kappa shape index (κ3) is 4.29. The van der Waals surface area contributed by atoms with Crippen LogP contribution >= 0.6 is 0 Å². The molecule has 1 aromatic carbocycles. The first kappa shape index (κ1) is 21.0. The summed E-state index contributed by atoms with van der Waals surface area (Å²) in [6, 6.07) is 9.01. The molecular weight excluding hydrogens is 429 g/mol. The summed E-state index contributed by atoms with van der Waals surface area (Å²) in [6.45, 7) is -0.00960. The predicted molar refractivity (Wildman–Crippen MR) is 104 cm³/mol. The van der Waals surface area contributed by atoms with Gasteiger partial charge in [-0.05, 0) is 36.4 Å². The Balaban J connectivity index is 1.55. The smallest absolute Gasteiger partial charge is 0.416 e. The zero-order chi connectivity index (χ0) is 22.9. The summed E-state index contributed by atoms with van der Waals surface area (Å²) in [6.07, 6.45) is -2.93. The van der Waals surface area contributed by atoms with Gasteiger partial charge in [-0.25, -0.2) is 4.98 Å². The maximum absolute atomic E-state index is 12.7. The van der Waals surface area contributed by atoms with Crippen molar-refractivity contribution in [2.24, 2.45) is 12.8 Å². The molecule has 12 heteroatoms. The first-order valence-electron chi connectivity index (χ1n) is 9.14. The standard InChI is InChI=1S/C20H15F3N6O3/c1-29-16(10-31-12-7-5-11(6-8-12)20(21,22)23)13(9-25-29)19-27-18(28-32-19)15-4-2-3-14(26-15)17(24)30/h2-9H,10H2,1H3,(H2,24,30). The first-order valence-corrected chi connectivity index (χ1v) is 9.14. The van der Waals surface area contributed by atoms with E-state index in [0.717, 1.165) is 12.1 Å². The van der Waals surface area contributed by atoms with E-state index in [2.05, 4.69) is 20.2 Å². The van der Waals surface area contributed by atoms with Crippen molar-refractivity contribution in [2.75, 3.05) is 0 Å². The van der Waals surface area contributed by atoms with Crippen LogP contribution in [0.3, 0.4) is 0 Å². The Morgan fingerprint density at radius 2 is 1.91 bits per heavy atom. The lowest BCUT2D eigenvalue weighted by Gasteiger charge is -2.10. The summed E-state index contributed by atoms with van der Waals surface area (Å²) in [7, 11) is 1.67. The summed E-state index contributed by atoms with van der Waals surface area (Å²) < 4.78 is 50.6. The summed E-state index contributed by atoms with van der Waals surface area (Å²) >= 11 is 0.